The smallest absolute Gasteiger partial charge is 0.244 e. The summed E-state index contributed by atoms with van der Waals surface area (Å²) in [5.41, 5.74) is 3.00. The largest absolute Gasteiger partial charge is 0.354 e. The van der Waals surface area contributed by atoms with Crippen LogP contribution in [0.1, 0.15) is 49.8 Å². The van der Waals surface area contributed by atoms with E-state index >= 15 is 0 Å². The predicted octanol–water partition coefficient (Wildman–Crippen LogP) is 5.50. The monoisotopic (exact) mass is 627 g/mol. The molecule has 1 atom stereocenters. The molecule has 0 aromatic heterocycles. The van der Waals surface area contributed by atoms with Crippen molar-refractivity contribution in [2.75, 3.05) is 23.7 Å². The fourth-order valence-electron chi connectivity index (χ4n) is 4.55. The first-order chi connectivity index (χ1) is 19.0. The molecular weight excluding hydrogens is 590 g/mol. The second-order valence-corrected chi connectivity index (χ2v) is 13.0. The van der Waals surface area contributed by atoms with E-state index in [-0.39, 0.29) is 24.8 Å². The summed E-state index contributed by atoms with van der Waals surface area (Å²) >= 11 is 3.49. The van der Waals surface area contributed by atoms with Gasteiger partial charge in [-0.2, -0.15) is 0 Å². The Labute approximate surface area is 246 Å². The molecule has 3 aromatic rings. The number of carbonyl (C=O) groups is 2. The van der Waals surface area contributed by atoms with Gasteiger partial charge >= 0.3 is 0 Å². The fourth-order valence-corrected chi connectivity index (χ4v) is 5.86. The van der Waals surface area contributed by atoms with E-state index in [0.717, 1.165) is 38.1 Å². The van der Waals surface area contributed by atoms with Gasteiger partial charge in [-0.25, -0.2) is 8.42 Å². The summed E-state index contributed by atoms with van der Waals surface area (Å²) in [7, 11) is -3.82. The number of amides is 2. The molecule has 214 valence electrons. The van der Waals surface area contributed by atoms with Gasteiger partial charge in [0, 0.05) is 24.0 Å². The molecule has 0 bridgehead atoms. The molecule has 1 N–H and O–H groups in total. The maximum atomic E-state index is 14.2. The molecule has 9 heteroatoms. The maximum absolute atomic E-state index is 14.2. The van der Waals surface area contributed by atoms with E-state index in [1.54, 1.807) is 12.1 Å². The van der Waals surface area contributed by atoms with Crippen molar-refractivity contribution in [1.82, 2.24) is 10.2 Å². The number of hydrogen-bond donors (Lipinski definition) is 1. The van der Waals surface area contributed by atoms with Gasteiger partial charge in [-0.15, -0.1) is 0 Å². The quantitative estimate of drug-likeness (QED) is 0.271. The van der Waals surface area contributed by atoms with Gasteiger partial charge in [-0.05, 0) is 47.2 Å². The molecule has 0 saturated carbocycles. The zero-order chi connectivity index (χ0) is 29.3. The molecule has 40 heavy (non-hydrogen) atoms. The zero-order valence-electron chi connectivity index (χ0n) is 23.5. The first kappa shape index (κ1) is 31.4. The number of benzene rings is 3. The Morgan fingerprint density at radius 2 is 1.57 bits per heavy atom. The van der Waals surface area contributed by atoms with Crippen LogP contribution in [0.25, 0.3) is 0 Å². The number of rotatable bonds is 13. The highest BCUT2D eigenvalue weighted by Gasteiger charge is 2.33. The molecule has 3 aromatic carbocycles. The number of nitrogens with one attached hydrogen (secondary N) is 1. The average molecular weight is 629 g/mol. The molecule has 0 saturated heterocycles. The summed E-state index contributed by atoms with van der Waals surface area (Å²) in [5, 5.41) is 2.95. The van der Waals surface area contributed by atoms with E-state index in [2.05, 4.69) is 21.2 Å². The van der Waals surface area contributed by atoms with Crippen molar-refractivity contribution in [1.29, 1.82) is 0 Å². The van der Waals surface area contributed by atoms with Crippen LogP contribution in [0.2, 0.25) is 0 Å². The van der Waals surface area contributed by atoms with Crippen LogP contribution in [0, 0.1) is 0 Å². The SMILES string of the molecule is CCCNC(=O)[C@@H](Cc1ccccc1)N(Cc1cccc(Br)c1)C(=O)CN(c1ccccc1C(C)C)S(C)(=O)=O. The average Bonchev–Trinajstić information content (AvgIpc) is 2.92. The fraction of sp³-hybridized carbons (Fsp3) is 0.355. The van der Waals surface area contributed by atoms with Gasteiger partial charge in [0.2, 0.25) is 21.8 Å². The van der Waals surface area contributed by atoms with Gasteiger partial charge in [-0.1, -0.05) is 97.4 Å². The van der Waals surface area contributed by atoms with Crippen LogP contribution in [0.15, 0.2) is 83.3 Å². The summed E-state index contributed by atoms with van der Waals surface area (Å²) in [6.45, 7) is 6.11. The van der Waals surface area contributed by atoms with Crippen molar-refractivity contribution >= 4 is 43.5 Å². The van der Waals surface area contributed by atoms with Gasteiger partial charge in [0.1, 0.15) is 12.6 Å². The Morgan fingerprint density at radius 3 is 2.20 bits per heavy atom. The predicted molar refractivity (Wildman–Crippen MR) is 165 cm³/mol. The lowest BCUT2D eigenvalue weighted by atomic mass is 10.0. The van der Waals surface area contributed by atoms with Crippen LogP contribution in [0.5, 0.6) is 0 Å². The Bertz CT molecular complexity index is 1400. The molecule has 0 fully saturated rings. The molecule has 0 heterocycles. The van der Waals surface area contributed by atoms with Crippen molar-refractivity contribution in [3.05, 3.63) is 100 Å². The summed E-state index contributed by atoms with van der Waals surface area (Å²) in [4.78, 5) is 29.3. The minimum absolute atomic E-state index is 0.0407. The molecular formula is C31H38BrN3O4S. The third-order valence-electron chi connectivity index (χ3n) is 6.57. The van der Waals surface area contributed by atoms with Gasteiger partial charge in [0.05, 0.1) is 11.9 Å². The molecule has 0 unspecified atom stereocenters. The lowest BCUT2D eigenvalue weighted by molar-refractivity contribution is -0.140. The summed E-state index contributed by atoms with van der Waals surface area (Å²) in [5.74, 6) is -0.696. The normalized spacial score (nSPS) is 12.2. The number of anilines is 1. The zero-order valence-corrected chi connectivity index (χ0v) is 25.9. The highest BCUT2D eigenvalue weighted by molar-refractivity contribution is 9.10. The van der Waals surface area contributed by atoms with Crippen LogP contribution in [-0.4, -0.2) is 50.5 Å². The Balaban J connectivity index is 2.08. The lowest BCUT2D eigenvalue weighted by Gasteiger charge is -2.34. The molecule has 0 aliphatic heterocycles. The van der Waals surface area contributed by atoms with Crippen molar-refractivity contribution in [3.8, 4) is 0 Å². The van der Waals surface area contributed by atoms with Crippen molar-refractivity contribution in [3.63, 3.8) is 0 Å². The van der Waals surface area contributed by atoms with Crippen LogP contribution in [-0.2, 0) is 32.6 Å². The molecule has 7 nitrogen and oxygen atoms in total. The molecule has 3 rings (SSSR count). The van der Waals surface area contributed by atoms with Crippen molar-refractivity contribution in [2.24, 2.45) is 0 Å². The molecule has 2 amide bonds. The van der Waals surface area contributed by atoms with Gasteiger partial charge in [-0.3, -0.25) is 13.9 Å². The number of hydrogen-bond acceptors (Lipinski definition) is 4. The van der Waals surface area contributed by atoms with Crippen molar-refractivity contribution in [2.45, 2.75) is 52.1 Å². The van der Waals surface area contributed by atoms with Gasteiger partial charge in [0.25, 0.3) is 0 Å². The number of nitrogens with zero attached hydrogens (tertiary/aromatic N) is 2. The highest BCUT2D eigenvalue weighted by Crippen LogP contribution is 2.29. The topological polar surface area (TPSA) is 86.8 Å². The van der Waals surface area contributed by atoms with E-state index in [9.17, 15) is 18.0 Å². The van der Waals surface area contributed by atoms with Crippen molar-refractivity contribution < 1.29 is 18.0 Å². The van der Waals surface area contributed by atoms with Gasteiger partial charge in [0.15, 0.2) is 0 Å². The second-order valence-electron chi connectivity index (χ2n) is 10.1. The van der Waals surface area contributed by atoms with Crippen LogP contribution in [0.3, 0.4) is 0 Å². The molecule has 0 radical (unpaired) electrons. The number of carbonyl (C=O) groups excluding carboxylic acids is 2. The standard InChI is InChI=1S/C31H38BrN3O4S/c1-5-18-33-31(37)29(20-24-12-7-6-8-13-24)34(21-25-14-11-15-26(32)19-25)30(36)22-35(40(4,38)39)28-17-10-9-16-27(28)23(2)3/h6-17,19,23,29H,5,18,20-22H2,1-4H3,(H,33,37)/t29-/m1/s1. The van der Waals surface area contributed by atoms with Crippen LogP contribution in [0.4, 0.5) is 5.69 Å². The van der Waals surface area contributed by atoms with E-state index < -0.39 is 28.5 Å². The van der Waals surface area contributed by atoms with E-state index in [1.165, 1.54) is 4.90 Å². The lowest BCUT2D eigenvalue weighted by Crippen LogP contribution is -2.53. The Hall–Kier alpha value is -3.17. The Kier molecular flexibility index (Phi) is 11.3. The second kappa shape index (κ2) is 14.5. The highest BCUT2D eigenvalue weighted by atomic mass is 79.9. The molecule has 0 aliphatic carbocycles. The van der Waals surface area contributed by atoms with Crippen LogP contribution >= 0.6 is 15.9 Å². The first-order valence-corrected chi connectivity index (χ1v) is 16.1. The third-order valence-corrected chi connectivity index (χ3v) is 8.19. The minimum atomic E-state index is -3.82. The van der Waals surface area contributed by atoms with Gasteiger partial charge < -0.3 is 10.2 Å². The molecule has 0 aliphatic rings. The number of para-hydroxylation sites is 1. The summed E-state index contributed by atoms with van der Waals surface area (Å²) < 4.78 is 28.1. The summed E-state index contributed by atoms with van der Waals surface area (Å²) in [6.07, 6.45) is 2.14. The van der Waals surface area contributed by atoms with E-state index in [4.69, 9.17) is 0 Å². The van der Waals surface area contributed by atoms with E-state index in [1.807, 2.05) is 87.5 Å². The third kappa shape index (κ3) is 8.66. The molecule has 0 spiro atoms. The summed E-state index contributed by atoms with van der Waals surface area (Å²) in [6, 6.07) is 23.4. The number of sulfonamides is 1. The Morgan fingerprint density at radius 1 is 0.925 bits per heavy atom. The minimum Gasteiger partial charge on any atom is -0.354 e. The maximum Gasteiger partial charge on any atom is 0.244 e. The van der Waals surface area contributed by atoms with Crippen LogP contribution < -0.4 is 9.62 Å². The number of halogens is 1. The first-order valence-electron chi connectivity index (χ1n) is 13.4. The van der Waals surface area contributed by atoms with E-state index in [0.29, 0.717) is 12.2 Å².